The molecule has 1 aliphatic rings. The lowest BCUT2D eigenvalue weighted by Crippen LogP contribution is -2.33. The van der Waals surface area contributed by atoms with Crippen LogP contribution in [-0.4, -0.2) is 25.5 Å². The third-order valence-corrected chi connectivity index (χ3v) is 4.74. The van der Waals surface area contributed by atoms with Crippen LogP contribution in [0.4, 0.5) is 0 Å². The molecule has 144 valence electrons. The lowest BCUT2D eigenvalue weighted by molar-refractivity contribution is 0.480. The number of hydrogen-bond donors (Lipinski definition) is 1. The summed E-state index contributed by atoms with van der Waals surface area (Å²) in [4.78, 5) is 34.2. The van der Waals surface area contributed by atoms with Gasteiger partial charge in [0.25, 0.3) is 5.56 Å². The minimum atomic E-state index is -0.881. The highest BCUT2D eigenvalue weighted by atomic mass is 35.5. The van der Waals surface area contributed by atoms with E-state index in [-0.39, 0.29) is 21.5 Å². The van der Waals surface area contributed by atoms with Crippen molar-refractivity contribution in [2.45, 2.75) is 13.5 Å². The first-order chi connectivity index (χ1) is 13.9. The topological polar surface area (TPSA) is 126 Å². The standard InChI is InChI=1S/C18H10Cl2N6O3/c1-8-11-4-10(6-23-15(11)7-22-8)29-16-12(19)2-9(3-13(16)20)26-18(28)24-17(27)14(5-21)25-26/h2-4,6H,7H2,1H3,(H,24,27,28). The lowest BCUT2D eigenvalue weighted by Gasteiger charge is -2.12. The first-order valence-corrected chi connectivity index (χ1v) is 8.94. The molecule has 0 saturated heterocycles. The Kier molecular flexibility index (Phi) is 4.66. The molecule has 11 heteroatoms. The molecule has 0 fully saturated rings. The Morgan fingerprint density at radius 3 is 2.66 bits per heavy atom. The molecule has 9 nitrogen and oxygen atoms in total. The molecule has 3 heterocycles. The Hall–Kier alpha value is -3.48. The van der Waals surface area contributed by atoms with E-state index in [2.05, 4.69) is 15.1 Å². The van der Waals surface area contributed by atoms with Gasteiger partial charge in [-0.3, -0.25) is 19.8 Å². The normalized spacial score (nSPS) is 12.3. The van der Waals surface area contributed by atoms with E-state index >= 15 is 0 Å². The molecule has 4 rings (SSSR count). The van der Waals surface area contributed by atoms with Gasteiger partial charge in [0, 0.05) is 11.3 Å². The number of nitrogens with zero attached hydrogens (tertiary/aromatic N) is 5. The predicted octanol–water partition coefficient (Wildman–Crippen LogP) is 2.61. The van der Waals surface area contributed by atoms with Gasteiger partial charge < -0.3 is 4.74 Å². The smallest absolute Gasteiger partial charge is 0.349 e. The number of hydrogen-bond acceptors (Lipinski definition) is 7. The van der Waals surface area contributed by atoms with Crippen LogP contribution < -0.4 is 16.0 Å². The van der Waals surface area contributed by atoms with Gasteiger partial charge in [0.05, 0.1) is 34.2 Å². The van der Waals surface area contributed by atoms with Crippen LogP contribution >= 0.6 is 23.2 Å². The maximum atomic E-state index is 12.0. The molecule has 29 heavy (non-hydrogen) atoms. The molecular weight excluding hydrogens is 419 g/mol. The van der Waals surface area contributed by atoms with Crippen LogP contribution in [0.2, 0.25) is 10.0 Å². The molecule has 0 saturated carbocycles. The lowest BCUT2D eigenvalue weighted by atomic mass is 10.1. The van der Waals surface area contributed by atoms with Gasteiger partial charge in [-0.1, -0.05) is 23.2 Å². The number of aromatic nitrogens is 4. The fraction of sp³-hybridized carbons (Fsp3) is 0.111. The van der Waals surface area contributed by atoms with Gasteiger partial charge in [0.2, 0.25) is 5.69 Å². The number of aliphatic imine (C=N–C) groups is 1. The van der Waals surface area contributed by atoms with Gasteiger partial charge in [0.1, 0.15) is 11.8 Å². The largest absolute Gasteiger partial charge is 0.453 e. The number of halogens is 2. The second kappa shape index (κ2) is 7.16. The highest BCUT2D eigenvalue weighted by Crippen LogP contribution is 2.38. The molecule has 2 aromatic heterocycles. The molecule has 1 N–H and O–H groups in total. The quantitative estimate of drug-likeness (QED) is 0.682. The summed E-state index contributed by atoms with van der Waals surface area (Å²) in [6, 6.07) is 6.16. The van der Waals surface area contributed by atoms with Crippen LogP contribution in [0.15, 0.2) is 39.0 Å². The van der Waals surface area contributed by atoms with Gasteiger partial charge in [-0.05, 0) is 25.1 Å². The highest BCUT2D eigenvalue weighted by Gasteiger charge is 2.18. The summed E-state index contributed by atoms with van der Waals surface area (Å²) in [6.07, 6.45) is 1.54. The Balaban J connectivity index is 1.73. The third-order valence-electron chi connectivity index (χ3n) is 4.18. The molecule has 0 amide bonds. The zero-order valence-electron chi connectivity index (χ0n) is 14.7. The van der Waals surface area contributed by atoms with Crippen LogP contribution in [-0.2, 0) is 6.54 Å². The summed E-state index contributed by atoms with van der Waals surface area (Å²) in [6.45, 7) is 2.42. The number of aromatic amines is 1. The Morgan fingerprint density at radius 2 is 1.97 bits per heavy atom. The number of benzene rings is 1. The van der Waals surface area contributed by atoms with E-state index in [9.17, 15) is 9.59 Å². The zero-order chi connectivity index (χ0) is 20.7. The van der Waals surface area contributed by atoms with Crippen LogP contribution in [0.1, 0.15) is 23.9 Å². The monoisotopic (exact) mass is 428 g/mol. The van der Waals surface area contributed by atoms with Gasteiger partial charge in [-0.15, -0.1) is 5.10 Å². The molecular formula is C18H10Cl2N6O3. The molecule has 0 atom stereocenters. The number of nitriles is 1. The van der Waals surface area contributed by atoms with Crippen molar-refractivity contribution in [3.05, 3.63) is 72.2 Å². The predicted molar refractivity (Wildman–Crippen MR) is 105 cm³/mol. The van der Waals surface area contributed by atoms with Crippen molar-refractivity contribution in [1.29, 1.82) is 5.26 Å². The van der Waals surface area contributed by atoms with Gasteiger partial charge >= 0.3 is 5.69 Å². The molecule has 0 radical (unpaired) electrons. The SMILES string of the molecule is CC1=NCc2ncc(Oc3c(Cl)cc(-n4nc(C#N)c(=O)[nH]c4=O)cc3Cl)cc21. The number of fused-ring (bicyclic) bond motifs is 1. The first-order valence-electron chi connectivity index (χ1n) is 8.18. The Bertz CT molecular complexity index is 1330. The van der Waals surface area contributed by atoms with E-state index in [1.54, 1.807) is 18.3 Å². The maximum absolute atomic E-state index is 12.0. The number of pyridine rings is 1. The van der Waals surface area contributed by atoms with Crippen molar-refractivity contribution in [2.75, 3.05) is 0 Å². The fourth-order valence-corrected chi connectivity index (χ4v) is 3.33. The van der Waals surface area contributed by atoms with E-state index in [1.165, 1.54) is 12.1 Å². The van der Waals surface area contributed by atoms with E-state index < -0.39 is 16.9 Å². The van der Waals surface area contributed by atoms with Crippen molar-refractivity contribution in [2.24, 2.45) is 4.99 Å². The van der Waals surface area contributed by atoms with Crippen LogP contribution in [0.25, 0.3) is 5.69 Å². The molecule has 0 aliphatic carbocycles. The number of ether oxygens (including phenoxy) is 1. The van der Waals surface area contributed by atoms with Gasteiger partial charge in [-0.2, -0.15) is 9.94 Å². The van der Waals surface area contributed by atoms with Gasteiger partial charge in [-0.25, -0.2) is 4.79 Å². The second-order valence-electron chi connectivity index (χ2n) is 6.04. The minimum Gasteiger partial charge on any atom is -0.453 e. The van der Waals surface area contributed by atoms with Crippen LogP contribution in [0, 0.1) is 11.3 Å². The van der Waals surface area contributed by atoms with Crippen molar-refractivity contribution >= 4 is 28.9 Å². The van der Waals surface area contributed by atoms with E-state index in [1.807, 2.05) is 11.9 Å². The minimum absolute atomic E-state index is 0.0943. The Labute approximate surface area is 172 Å². The summed E-state index contributed by atoms with van der Waals surface area (Å²) in [5.41, 5.74) is 0.570. The number of nitrogens with one attached hydrogen (secondary N) is 1. The van der Waals surface area contributed by atoms with Crippen LogP contribution in [0.3, 0.4) is 0 Å². The summed E-state index contributed by atoms with van der Waals surface area (Å²) in [5.74, 6) is 0.576. The summed E-state index contributed by atoms with van der Waals surface area (Å²) < 4.78 is 6.62. The van der Waals surface area contributed by atoms with Crippen LogP contribution in [0.5, 0.6) is 11.5 Å². The van der Waals surface area contributed by atoms with Crippen molar-refractivity contribution in [3.63, 3.8) is 0 Å². The van der Waals surface area contributed by atoms with E-state index in [0.29, 0.717) is 12.3 Å². The first kappa shape index (κ1) is 18.9. The highest BCUT2D eigenvalue weighted by molar-refractivity contribution is 6.37. The van der Waals surface area contributed by atoms with Gasteiger partial charge in [0.15, 0.2) is 5.75 Å². The fourth-order valence-electron chi connectivity index (χ4n) is 2.78. The average molecular weight is 429 g/mol. The van der Waals surface area contributed by atoms with Crippen molar-refractivity contribution < 1.29 is 4.74 Å². The number of H-pyrrole nitrogens is 1. The summed E-state index contributed by atoms with van der Waals surface area (Å²) in [7, 11) is 0. The number of rotatable bonds is 3. The summed E-state index contributed by atoms with van der Waals surface area (Å²) >= 11 is 12.6. The zero-order valence-corrected chi connectivity index (χ0v) is 16.2. The Morgan fingerprint density at radius 1 is 1.24 bits per heavy atom. The molecule has 0 spiro atoms. The van der Waals surface area contributed by atoms with Crippen molar-refractivity contribution in [1.82, 2.24) is 19.7 Å². The van der Waals surface area contributed by atoms with Crippen molar-refractivity contribution in [3.8, 4) is 23.3 Å². The molecule has 0 unspecified atom stereocenters. The summed E-state index contributed by atoms with van der Waals surface area (Å²) in [5, 5.41) is 12.9. The van der Waals surface area contributed by atoms with E-state index in [4.69, 9.17) is 33.2 Å². The molecule has 0 bridgehead atoms. The molecule has 3 aromatic rings. The maximum Gasteiger partial charge on any atom is 0.349 e. The molecule has 1 aromatic carbocycles. The average Bonchev–Trinajstić information content (AvgIpc) is 3.05. The van der Waals surface area contributed by atoms with E-state index in [0.717, 1.165) is 21.7 Å². The second-order valence-corrected chi connectivity index (χ2v) is 6.85. The third kappa shape index (κ3) is 3.40. The molecule has 1 aliphatic heterocycles.